The first kappa shape index (κ1) is 16.0. The molecule has 2 atom stereocenters. The number of benzene rings is 1. The SMILES string of the molecule is NC(=O)C12CC3CC(CC(Cc4nnn(Cc5ccccc5)n4)(C3)C1)C2. The first-order valence-electron chi connectivity index (χ1n) is 9.65. The normalized spacial score (nSPS) is 34.9. The van der Waals surface area contributed by atoms with Gasteiger partial charge in [-0.15, -0.1) is 10.2 Å². The Morgan fingerprint density at radius 1 is 1.15 bits per heavy atom. The summed E-state index contributed by atoms with van der Waals surface area (Å²) in [5.41, 5.74) is 6.88. The fraction of sp³-hybridized carbons (Fsp3) is 0.600. The third-order valence-electron chi connectivity index (χ3n) is 6.90. The van der Waals surface area contributed by atoms with E-state index >= 15 is 0 Å². The summed E-state index contributed by atoms with van der Waals surface area (Å²) in [6.07, 6.45) is 7.37. The van der Waals surface area contributed by atoms with Gasteiger partial charge in [0.1, 0.15) is 0 Å². The van der Waals surface area contributed by atoms with Crippen molar-refractivity contribution in [3.8, 4) is 0 Å². The monoisotopic (exact) mass is 351 g/mol. The quantitative estimate of drug-likeness (QED) is 0.896. The summed E-state index contributed by atoms with van der Waals surface area (Å²) in [4.78, 5) is 13.9. The van der Waals surface area contributed by atoms with Crippen LogP contribution in [-0.2, 0) is 17.8 Å². The van der Waals surface area contributed by atoms with Gasteiger partial charge in [0.05, 0.1) is 12.0 Å². The fourth-order valence-corrected chi connectivity index (χ4v) is 6.44. The Balaban J connectivity index is 1.36. The number of nitrogens with two attached hydrogens (primary N) is 1. The molecule has 136 valence electrons. The van der Waals surface area contributed by atoms with E-state index in [4.69, 9.17) is 5.73 Å². The third-order valence-corrected chi connectivity index (χ3v) is 6.90. The minimum absolute atomic E-state index is 0.0864. The van der Waals surface area contributed by atoms with Crippen molar-refractivity contribution in [2.45, 2.75) is 51.5 Å². The predicted molar refractivity (Wildman–Crippen MR) is 95.8 cm³/mol. The molecule has 1 aromatic carbocycles. The summed E-state index contributed by atoms with van der Waals surface area (Å²) in [7, 11) is 0. The van der Waals surface area contributed by atoms with E-state index in [1.807, 2.05) is 18.2 Å². The van der Waals surface area contributed by atoms with Crippen LogP contribution in [0.5, 0.6) is 0 Å². The zero-order valence-corrected chi connectivity index (χ0v) is 15.0. The van der Waals surface area contributed by atoms with Crippen LogP contribution in [0.15, 0.2) is 30.3 Å². The largest absolute Gasteiger partial charge is 0.369 e. The summed E-state index contributed by atoms with van der Waals surface area (Å²) >= 11 is 0. The Bertz CT molecular complexity index is 816. The summed E-state index contributed by atoms with van der Waals surface area (Å²) in [5, 5.41) is 13.2. The first-order chi connectivity index (χ1) is 12.5. The highest BCUT2D eigenvalue weighted by atomic mass is 16.1. The molecule has 6 heteroatoms. The minimum atomic E-state index is -0.274. The van der Waals surface area contributed by atoms with Gasteiger partial charge in [-0.1, -0.05) is 30.3 Å². The number of carbonyl (C=O) groups excluding carboxylic acids is 1. The van der Waals surface area contributed by atoms with Gasteiger partial charge < -0.3 is 5.73 Å². The molecule has 4 saturated carbocycles. The average molecular weight is 351 g/mol. The van der Waals surface area contributed by atoms with Crippen molar-refractivity contribution >= 4 is 5.91 Å². The van der Waals surface area contributed by atoms with E-state index < -0.39 is 0 Å². The Kier molecular flexibility index (Phi) is 3.46. The maximum absolute atomic E-state index is 12.2. The second-order valence-electron chi connectivity index (χ2n) is 9.00. The first-order valence-corrected chi connectivity index (χ1v) is 9.65. The number of hydrogen-bond acceptors (Lipinski definition) is 4. The lowest BCUT2D eigenvalue weighted by Crippen LogP contribution is -2.57. The van der Waals surface area contributed by atoms with Crippen molar-refractivity contribution in [3.05, 3.63) is 41.7 Å². The van der Waals surface area contributed by atoms with Crippen molar-refractivity contribution in [3.63, 3.8) is 0 Å². The van der Waals surface area contributed by atoms with E-state index in [0.29, 0.717) is 18.4 Å². The van der Waals surface area contributed by atoms with Crippen LogP contribution >= 0.6 is 0 Å². The van der Waals surface area contributed by atoms with E-state index in [1.54, 1.807) is 4.80 Å². The third kappa shape index (κ3) is 2.63. The lowest BCUT2D eigenvalue weighted by Gasteiger charge is -2.61. The highest BCUT2D eigenvalue weighted by Gasteiger charge is 2.60. The Morgan fingerprint density at radius 3 is 2.58 bits per heavy atom. The van der Waals surface area contributed by atoms with Gasteiger partial charge in [-0.3, -0.25) is 4.79 Å². The molecule has 0 aliphatic heterocycles. The molecule has 4 fully saturated rings. The number of tetrazole rings is 1. The molecule has 4 aliphatic carbocycles. The minimum Gasteiger partial charge on any atom is -0.369 e. The van der Waals surface area contributed by atoms with E-state index in [9.17, 15) is 4.79 Å². The van der Waals surface area contributed by atoms with Crippen LogP contribution in [0.25, 0.3) is 0 Å². The van der Waals surface area contributed by atoms with E-state index in [2.05, 4.69) is 27.5 Å². The molecule has 0 radical (unpaired) electrons. The molecule has 2 unspecified atom stereocenters. The van der Waals surface area contributed by atoms with Crippen molar-refractivity contribution < 1.29 is 4.79 Å². The van der Waals surface area contributed by atoms with Gasteiger partial charge >= 0.3 is 0 Å². The van der Waals surface area contributed by atoms with Crippen molar-refractivity contribution in [2.24, 2.45) is 28.4 Å². The second-order valence-corrected chi connectivity index (χ2v) is 9.00. The molecular formula is C20H25N5O. The topological polar surface area (TPSA) is 86.7 Å². The Morgan fingerprint density at radius 2 is 1.88 bits per heavy atom. The molecule has 6 rings (SSSR count). The zero-order valence-electron chi connectivity index (χ0n) is 15.0. The molecule has 4 aliphatic rings. The molecule has 4 bridgehead atoms. The number of nitrogens with zero attached hydrogens (tertiary/aromatic N) is 4. The molecule has 6 nitrogen and oxygen atoms in total. The van der Waals surface area contributed by atoms with Gasteiger partial charge in [-0.25, -0.2) is 0 Å². The van der Waals surface area contributed by atoms with Crippen molar-refractivity contribution in [2.75, 3.05) is 0 Å². The second kappa shape index (κ2) is 5.63. The van der Waals surface area contributed by atoms with Crippen LogP contribution in [0.2, 0.25) is 0 Å². The van der Waals surface area contributed by atoms with Crippen LogP contribution < -0.4 is 5.73 Å². The zero-order chi connectivity index (χ0) is 17.8. The van der Waals surface area contributed by atoms with E-state index in [1.165, 1.54) is 24.8 Å². The molecule has 2 aromatic rings. The maximum Gasteiger partial charge on any atom is 0.223 e. The van der Waals surface area contributed by atoms with Crippen LogP contribution in [0.4, 0.5) is 0 Å². The molecule has 1 aromatic heterocycles. The number of amides is 1. The molecule has 1 heterocycles. The lowest BCUT2D eigenvalue weighted by molar-refractivity contribution is -0.154. The van der Waals surface area contributed by atoms with Gasteiger partial charge in [-0.2, -0.15) is 4.80 Å². The van der Waals surface area contributed by atoms with Gasteiger partial charge in [0.15, 0.2) is 5.82 Å². The van der Waals surface area contributed by atoms with Gasteiger partial charge in [-0.05, 0) is 66.6 Å². The fourth-order valence-electron chi connectivity index (χ4n) is 6.44. The van der Waals surface area contributed by atoms with E-state index in [-0.39, 0.29) is 16.7 Å². The van der Waals surface area contributed by atoms with E-state index in [0.717, 1.165) is 31.5 Å². The van der Waals surface area contributed by atoms with Crippen molar-refractivity contribution in [1.29, 1.82) is 0 Å². The number of hydrogen-bond donors (Lipinski definition) is 1. The van der Waals surface area contributed by atoms with Gasteiger partial charge in [0, 0.05) is 6.42 Å². The Labute approximate surface area is 153 Å². The number of rotatable bonds is 5. The standard InChI is InChI=1S/C20H25N5O/c21-18(26)20-9-15-6-16(10-20)8-19(7-15,13-20)11-17-22-24-25(23-17)12-14-4-2-1-3-5-14/h1-5,15-16H,6-13H2,(H2,21,26). The van der Waals surface area contributed by atoms with Crippen LogP contribution in [-0.4, -0.2) is 26.1 Å². The Hall–Kier alpha value is -2.24. The summed E-state index contributed by atoms with van der Waals surface area (Å²) in [6.45, 7) is 0.636. The summed E-state index contributed by atoms with van der Waals surface area (Å²) in [5.74, 6) is 2.00. The molecule has 2 N–H and O–H groups in total. The predicted octanol–water partition coefficient (Wildman–Crippen LogP) is 2.34. The summed E-state index contributed by atoms with van der Waals surface area (Å²) in [6, 6.07) is 10.2. The molecule has 26 heavy (non-hydrogen) atoms. The molecular weight excluding hydrogens is 326 g/mol. The number of aromatic nitrogens is 4. The maximum atomic E-state index is 12.2. The highest BCUT2D eigenvalue weighted by Crippen LogP contribution is 2.65. The van der Waals surface area contributed by atoms with Crippen LogP contribution in [0.1, 0.15) is 49.9 Å². The molecule has 0 saturated heterocycles. The molecule has 0 spiro atoms. The highest BCUT2D eigenvalue weighted by molar-refractivity contribution is 5.81. The van der Waals surface area contributed by atoms with Crippen LogP contribution in [0, 0.1) is 22.7 Å². The summed E-state index contributed by atoms with van der Waals surface area (Å²) < 4.78 is 0. The van der Waals surface area contributed by atoms with Crippen LogP contribution in [0.3, 0.4) is 0 Å². The van der Waals surface area contributed by atoms with Gasteiger partial charge in [0.25, 0.3) is 0 Å². The number of carbonyl (C=O) groups is 1. The average Bonchev–Trinajstić information content (AvgIpc) is 3.00. The number of primary amides is 1. The van der Waals surface area contributed by atoms with Crippen molar-refractivity contribution in [1.82, 2.24) is 20.2 Å². The molecule has 1 amide bonds. The van der Waals surface area contributed by atoms with Gasteiger partial charge in [0.2, 0.25) is 5.91 Å². The smallest absolute Gasteiger partial charge is 0.223 e. The lowest BCUT2D eigenvalue weighted by atomic mass is 9.43.